The SMILES string of the molecule is CC/C=C\C/C=C\C/C=C\C/C=C\C/C=C\C/C=C\CCCCCCCCCCCCC(=O)OCC(O)COP(=O)(O)OCC(O)COP(=O)(O)OCC(COC(=O)CCCCCC/C=C\C/C=C\C/C=C\C/C=C\C/C=C\C/C=C\CC)OC(=O)CCCCCCC/C=C\C/C=C\CCCCC. The number of unbranched alkanes of at least 4 members (excludes halogenated alkanes) is 22. The van der Waals surface area contributed by atoms with Crippen molar-refractivity contribution in [3.8, 4) is 0 Å². The highest BCUT2D eigenvalue weighted by Crippen LogP contribution is 2.45. The van der Waals surface area contributed by atoms with E-state index < -0.39 is 91.5 Å². The summed E-state index contributed by atoms with van der Waals surface area (Å²) in [5.41, 5.74) is 0. The highest BCUT2D eigenvalue weighted by molar-refractivity contribution is 7.47. The van der Waals surface area contributed by atoms with Gasteiger partial charge in [0.1, 0.15) is 25.4 Å². The van der Waals surface area contributed by atoms with Crippen molar-refractivity contribution < 1.29 is 75.8 Å². The molecule has 0 fully saturated rings. The molecule has 0 aliphatic carbocycles. The van der Waals surface area contributed by atoms with Gasteiger partial charge in [-0.15, -0.1) is 0 Å². The van der Waals surface area contributed by atoms with Crippen molar-refractivity contribution in [1.29, 1.82) is 0 Å². The fourth-order valence-corrected chi connectivity index (χ4v) is 11.5. The fourth-order valence-electron chi connectivity index (χ4n) is 9.96. The van der Waals surface area contributed by atoms with E-state index in [-0.39, 0.29) is 19.3 Å². The average Bonchev–Trinajstić information content (AvgIpc) is 0.915. The molecule has 18 heteroatoms. The van der Waals surface area contributed by atoms with Gasteiger partial charge in [0.25, 0.3) is 0 Å². The lowest BCUT2D eigenvalue weighted by molar-refractivity contribution is -0.161. The normalized spacial score (nSPS) is 14.9. The zero-order chi connectivity index (χ0) is 75.2. The van der Waals surface area contributed by atoms with Gasteiger partial charge in [0.05, 0.1) is 26.4 Å². The van der Waals surface area contributed by atoms with E-state index in [0.717, 1.165) is 180 Å². The van der Waals surface area contributed by atoms with Crippen molar-refractivity contribution in [2.45, 2.75) is 309 Å². The first-order valence-corrected chi connectivity index (χ1v) is 42.4. The summed E-state index contributed by atoms with van der Waals surface area (Å²) in [5, 5.41) is 20.6. The molecule has 0 heterocycles. The first-order chi connectivity index (χ1) is 50.2. The Morgan fingerprint density at radius 3 is 0.816 bits per heavy atom. The van der Waals surface area contributed by atoms with Crippen LogP contribution in [0.3, 0.4) is 0 Å². The Morgan fingerprint density at radius 2 is 0.515 bits per heavy atom. The number of esters is 3. The Labute approximate surface area is 624 Å². The largest absolute Gasteiger partial charge is 0.472 e. The van der Waals surface area contributed by atoms with Gasteiger partial charge in [-0.2, -0.15) is 0 Å². The maximum atomic E-state index is 13.0. The third-order valence-electron chi connectivity index (χ3n) is 15.9. The highest BCUT2D eigenvalue weighted by Gasteiger charge is 2.29. The van der Waals surface area contributed by atoms with E-state index in [1.165, 1.54) is 51.4 Å². The van der Waals surface area contributed by atoms with Crippen LogP contribution in [0.5, 0.6) is 0 Å². The molecule has 0 rings (SSSR count). The van der Waals surface area contributed by atoms with Crippen molar-refractivity contribution in [1.82, 2.24) is 0 Å². The number of hydrogen-bond donors (Lipinski definition) is 4. The summed E-state index contributed by atoms with van der Waals surface area (Å²) in [5.74, 6) is -1.63. The van der Waals surface area contributed by atoms with Crippen LogP contribution in [0.4, 0.5) is 0 Å². The van der Waals surface area contributed by atoms with Crippen LogP contribution in [0.15, 0.2) is 170 Å². The monoisotopic (exact) mass is 1480 g/mol. The lowest BCUT2D eigenvalue weighted by Crippen LogP contribution is -2.30. The van der Waals surface area contributed by atoms with E-state index in [1.807, 2.05) is 0 Å². The molecule has 0 aliphatic heterocycles. The first-order valence-electron chi connectivity index (χ1n) is 39.4. The van der Waals surface area contributed by atoms with E-state index in [2.05, 4.69) is 191 Å². The topological polar surface area (TPSA) is 231 Å². The molecular formula is C85H140O16P2. The summed E-state index contributed by atoms with van der Waals surface area (Å²) >= 11 is 0. The van der Waals surface area contributed by atoms with Crippen molar-refractivity contribution >= 4 is 33.6 Å². The highest BCUT2D eigenvalue weighted by atomic mass is 31.2. The van der Waals surface area contributed by atoms with Crippen LogP contribution in [0.25, 0.3) is 0 Å². The molecule has 5 unspecified atom stereocenters. The third kappa shape index (κ3) is 77.8. The molecule has 0 saturated heterocycles. The van der Waals surface area contributed by atoms with Crippen LogP contribution in [0.1, 0.15) is 290 Å². The molecule has 0 amide bonds. The van der Waals surface area contributed by atoms with Crippen molar-refractivity contribution in [2.75, 3.05) is 39.6 Å². The predicted molar refractivity (Wildman–Crippen MR) is 426 cm³/mol. The van der Waals surface area contributed by atoms with Crippen LogP contribution in [-0.2, 0) is 55.8 Å². The smallest absolute Gasteiger partial charge is 0.463 e. The van der Waals surface area contributed by atoms with Crippen LogP contribution >= 0.6 is 15.6 Å². The Balaban J connectivity index is 4.60. The van der Waals surface area contributed by atoms with Crippen LogP contribution in [0.2, 0.25) is 0 Å². The minimum Gasteiger partial charge on any atom is -0.463 e. The molecule has 0 saturated carbocycles. The summed E-state index contributed by atoms with van der Waals surface area (Å²) in [6.07, 6.45) is 96.8. The molecule has 0 aliphatic rings. The molecule has 0 aromatic heterocycles. The number of hydrogen-bond acceptors (Lipinski definition) is 14. The number of aliphatic hydroxyl groups excluding tert-OH is 2. The molecule has 0 radical (unpaired) electrons. The van der Waals surface area contributed by atoms with E-state index in [1.54, 1.807) is 0 Å². The summed E-state index contributed by atoms with van der Waals surface area (Å²) in [4.78, 5) is 58.6. The van der Waals surface area contributed by atoms with Crippen molar-refractivity contribution in [3.05, 3.63) is 170 Å². The molecule has 0 aromatic carbocycles. The molecule has 16 nitrogen and oxygen atoms in total. The van der Waals surface area contributed by atoms with E-state index in [0.29, 0.717) is 19.3 Å². The van der Waals surface area contributed by atoms with Gasteiger partial charge in [0, 0.05) is 19.3 Å². The first kappa shape index (κ1) is 97.9. The molecule has 5 atom stereocenters. The maximum Gasteiger partial charge on any atom is 0.472 e. The second kappa shape index (κ2) is 76.6. The number of carbonyl (C=O) groups excluding carboxylic acids is 3. The zero-order valence-electron chi connectivity index (χ0n) is 63.9. The van der Waals surface area contributed by atoms with Crippen LogP contribution in [0, 0.1) is 0 Å². The minimum atomic E-state index is -4.95. The Bertz CT molecular complexity index is 2550. The number of ether oxygens (including phenoxy) is 3. The van der Waals surface area contributed by atoms with Gasteiger partial charge in [-0.3, -0.25) is 32.5 Å². The summed E-state index contributed by atoms with van der Waals surface area (Å²) < 4.78 is 61.1. The van der Waals surface area contributed by atoms with Gasteiger partial charge < -0.3 is 34.2 Å². The van der Waals surface area contributed by atoms with Gasteiger partial charge in [-0.25, -0.2) is 9.13 Å². The van der Waals surface area contributed by atoms with Crippen molar-refractivity contribution in [3.63, 3.8) is 0 Å². The quantitative estimate of drug-likeness (QED) is 0.0146. The van der Waals surface area contributed by atoms with Crippen LogP contribution in [-0.4, -0.2) is 95.9 Å². The number of rotatable bonds is 73. The molecule has 0 bridgehead atoms. The lowest BCUT2D eigenvalue weighted by atomic mass is 10.1. The van der Waals surface area contributed by atoms with E-state index in [4.69, 9.17) is 32.3 Å². The second-order valence-electron chi connectivity index (χ2n) is 25.7. The molecule has 103 heavy (non-hydrogen) atoms. The Morgan fingerprint density at radius 1 is 0.282 bits per heavy atom. The summed E-state index contributed by atoms with van der Waals surface area (Å²) in [7, 11) is -9.81. The molecule has 586 valence electrons. The molecular weight excluding hydrogens is 1340 g/mol. The lowest BCUT2D eigenvalue weighted by Gasteiger charge is -2.21. The summed E-state index contributed by atoms with van der Waals surface area (Å²) in [6.45, 7) is 2.36. The van der Waals surface area contributed by atoms with Crippen LogP contribution < -0.4 is 0 Å². The molecule has 0 aromatic rings. The average molecular weight is 1480 g/mol. The number of phosphoric ester groups is 2. The second-order valence-corrected chi connectivity index (χ2v) is 28.7. The van der Waals surface area contributed by atoms with Gasteiger partial charge in [0.15, 0.2) is 6.10 Å². The molecule has 0 spiro atoms. The van der Waals surface area contributed by atoms with Gasteiger partial charge >= 0.3 is 33.6 Å². The van der Waals surface area contributed by atoms with Gasteiger partial charge in [-0.05, 0) is 154 Å². The number of carbonyl (C=O) groups is 3. The number of allylic oxidation sites excluding steroid dienone is 28. The third-order valence-corrected chi connectivity index (χ3v) is 17.8. The van der Waals surface area contributed by atoms with E-state index in [9.17, 15) is 43.5 Å². The standard InChI is InChI=1S/C85H140O16P2/c1-4-7-10-13-16-19-22-25-28-30-32-34-36-37-38-39-40-41-43-45-46-48-51-53-56-59-62-65-68-71-83(88)95-74-80(86)75-97-102(91,92)98-76-81(87)77-99-103(93,94)100-79-82(101-85(90)73-70-67-64-61-58-55-50-27-24-21-18-15-12-9-6-3)78-96-84(89)72-69-66-63-60-57-54-52-49-47-44-42-35-33-31-29-26-23-20-17-14-11-8-5-2/h7-8,10-11,16-21,25-29,32-35,37-38,40-41,44,47,50,52,54,80-82,86-87H,4-6,9,12-15,22-24,30-31,36,39,42-43,45-46,48-49,51,53,55-79H2,1-3H3,(H,91,92)(H,93,94)/b10-7-,11-8-,19-16-,20-17-,21-18-,28-25-,29-26-,34-32-,35-33-,38-37-,41-40-,47-44-,50-27-,54-52-. The Kier molecular flexibility index (Phi) is 72.8. The van der Waals surface area contributed by atoms with E-state index >= 15 is 0 Å². The fraction of sp³-hybridized carbons (Fsp3) is 0.635. The van der Waals surface area contributed by atoms with Crippen molar-refractivity contribution in [2.24, 2.45) is 0 Å². The molecule has 4 N–H and O–H groups in total. The zero-order valence-corrected chi connectivity index (χ0v) is 65.7. The minimum absolute atomic E-state index is 0.0770. The van der Waals surface area contributed by atoms with Gasteiger partial charge in [0.2, 0.25) is 0 Å². The number of phosphoric acid groups is 2. The predicted octanol–water partition coefficient (Wildman–Crippen LogP) is 23.2. The summed E-state index contributed by atoms with van der Waals surface area (Å²) in [6, 6.07) is 0. The maximum absolute atomic E-state index is 13.0. The van der Waals surface area contributed by atoms with Gasteiger partial charge in [-0.1, -0.05) is 287 Å². The Hall–Kier alpha value is -5.09. The number of aliphatic hydroxyl groups is 2.